The summed E-state index contributed by atoms with van der Waals surface area (Å²) in [5, 5.41) is 9.51. The van der Waals surface area contributed by atoms with E-state index in [0.717, 1.165) is 0 Å². The van der Waals surface area contributed by atoms with E-state index in [2.05, 4.69) is 9.97 Å². The van der Waals surface area contributed by atoms with Gasteiger partial charge in [0.15, 0.2) is 5.65 Å². The molecule has 2 aromatic rings. The monoisotopic (exact) mass is 204 g/mol. The third-order valence-corrected chi connectivity index (χ3v) is 2.03. The summed E-state index contributed by atoms with van der Waals surface area (Å²) in [5.74, 6) is -0.772. The zero-order valence-corrected chi connectivity index (χ0v) is 7.97. The summed E-state index contributed by atoms with van der Waals surface area (Å²) in [7, 11) is 1.42. The smallest absolute Gasteiger partial charge is 0.341 e. The normalized spacial score (nSPS) is 10.2. The third kappa shape index (κ3) is 1.48. The van der Waals surface area contributed by atoms with Crippen LogP contribution in [0.4, 0.5) is 0 Å². The Kier molecular flexibility index (Phi) is 2.21. The maximum absolute atomic E-state index is 10.9. The van der Waals surface area contributed by atoms with Crippen molar-refractivity contribution in [2.24, 2.45) is 0 Å². The molecule has 0 bridgehead atoms. The molecule has 1 N–H and O–H groups in total. The van der Waals surface area contributed by atoms with Crippen LogP contribution in [0, 0.1) is 0 Å². The summed E-state index contributed by atoms with van der Waals surface area (Å²) in [5.41, 5.74) is 0.511. The van der Waals surface area contributed by atoms with Gasteiger partial charge in [0.05, 0.1) is 12.5 Å². The van der Waals surface area contributed by atoms with Crippen molar-refractivity contribution >= 4 is 17.0 Å². The first-order valence-corrected chi connectivity index (χ1v) is 4.25. The van der Waals surface area contributed by atoms with Gasteiger partial charge in [0.1, 0.15) is 11.3 Å². The van der Waals surface area contributed by atoms with E-state index < -0.39 is 5.97 Å². The molecular formula is C10H8N2O3. The average molecular weight is 204 g/mol. The Morgan fingerprint density at radius 2 is 2.27 bits per heavy atom. The number of methoxy groups -OCH3 is 1. The van der Waals surface area contributed by atoms with Crippen molar-refractivity contribution in [3.8, 4) is 5.75 Å². The van der Waals surface area contributed by atoms with Crippen LogP contribution in [0.5, 0.6) is 5.75 Å². The second kappa shape index (κ2) is 3.53. The van der Waals surface area contributed by atoms with E-state index in [0.29, 0.717) is 16.8 Å². The average Bonchev–Trinajstić information content (AvgIpc) is 2.27. The summed E-state index contributed by atoms with van der Waals surface area (Å²) in [6.07, 6.45) is 2.84. The highest BCUT2D eigenvalue weighted by Crippen LogP contribution is 2.26. The molecule has 0 spiro atoms. The van der Waals surface area contributed by atoms with Gasteiger partial charge in [-0.15, -0.1) is 0 Å². The summed E-state index contributed by atoms with van der Waals surface area (Å²) >= 11 is 0. The van der Waals surface area contributed by atoms with Crippen LogP contribution in [0.25, 0.3) is 11.0 Å². The van der Waals surface area contributed by atoms with E-state index in [1.54, 1.807) is 18.3 Å². The Hall–Kier alpha value is -2.17. The highest BCUT2D eigenvalue weighted by molar-refractivity contribution is 5.97. The molecule has 0 saturated heterocycles. The molecule has 0 radical (unpaired) electrons. The van der Waals surface area contributed by atoms with Gasteiger partial charge in [-0.2, -0.15) is 0 Å². The fourth-order valence-electron chi connectivity index (χ4n) is 1.38. The van der Waals surface area contributed by atoms with Crippen LogP contribution >= 0.6 is 0 Å². The number of aromatic nitrogens is 2. The van der Waals surface area contributed by atoms with E-state index in [1.807, 2.05) is 0 Å². The Balaban J connectivity index is 2.81. The predicted molar refractivity (Wildman–Crippen MR) is 53.0 cm³/mol. The fraction of sp³-hybridized carbons (Fsp3) is 0.100. The standard InChI is InChI=1S/C10H8N2O3/c1-15-8-6-3-2-4-11-9(6)12-5-7(8)10(13)14/h2-5H,1H3,(H,13,14). The van der Waals surface area contributed by atoms with Crippen molar-refractivity contribution in [3.05, 3.63) is 30.1 Å². The number of carboxylic acid groups (broad SMARTS) is 1. The van der Waals surface area contributed by atoms with E-state index >= 15 is 0 Å². The van der Waals surface area contributed by atoms with Gasteiger partial charge in [-0.25, -0.2) is 14.8 Å². The maximum atomic E-state index is 10.9. The second-order valence-electron chi connectivity index (χ2n) is 2.88. The van der Waals surface area contributed by atoms with Crippen molar-refractivity contribution in [2.75, 3.05) is 7.11 Å². The van der Waals surface area contributed by atoms with Crippen molar-refractivity contribution in [1.29, 1.82) is 0 Å². The van der Waals surface area contributed by atoms with Crippen molar-refractivity contribution in [2.45, 2.75) is 0 Å². The van der Waals surface area contributed by atoms with Crippen LogP contribution in [0.3, 0.4) is 0 Å². The molecular weight excluding hydrogens is 196 g/mol. The lowest BCUT2D eigenvalue weighted by molar-refractivity contribution is 0.0693. The van der Waals surface area contributed by atoms with Gasteiger partial charge >= 0.3 is 5.97 Å². The number of carbonyl (C=O) groups is 1. The highest BCUT2D eigenvalue weighted by Gasteiger charge is 2.14. The minimum Gasteiger partial charge on any atom is -0.495 e. The zero-order valence-electron chi connectivity index (χ0n) is 7.97. The molecule has 0 atom stereocenters. The summed E-state index contributed by atoms with van der Waals surface area (Å²) in [6.45, 7) is 0. The van der Waals surface area contributed by atoms with E-state index in [1.165, 1.54) is 13.3 Å². The van der Waals surface area contributed by atoms with Crippen LogP contribution in [-0.4, -0.2) is 28.2 Å². The number of hydrogen-bond donors (Lipinski definition) is 1. The molecule has 5 nitrogen and oxygen atoms in total. The van der Waals surface area contributed by atoms with Crippen LogP contribution in [-0.2, 0) is 0 Å². The summed E-state index contributed by atoms with van der Waals surface area (Å²) in [6, 6.07) is 3.43. The molecule has 2 aromatic heterocycles. The minimum atomic E-state index is -1.06. The molecule has 0 amide bonds. The Labute approximate surface area is 85.4 Å². The van der Waals surface area contributed by atoms with Crippen LogP contribution in [0.15, 0.2) is 24.5 Å². The number of carboxylic acids is 1. The van der Waals surface area contributed by atoms with E-state index in [9.17, 15) is 4.79 Å². The van der Waals surface area contributed by atoms with Gasteiger partial charge < -0.3 is 9.84 Å². The molecule has 76 valence electrons. The Morgan fingerprint density at radius 1 is 1.47 bits per heavy atom. The number of pyridine rings is 2. The first-order valence-electron chi connectivity index (χ1n) is 4.25. The highest BCUT2D eigenvalue weighted by atomic mass is 16.5. The minimum absolute atomic E-state index is 0.0398. The lowest BCUT2D eigenvalue weighted by Crippen LogP contribution is -2.02. The first-order chi connectivity index (χ1) is 7.24. The molecule has 0 aromatic carbocycles. The summed E-state index contributed by atoms with van der Waals surface area (Å²) < 4.78 is 5.06. The van der Waals surface area contributed by atoms with Crippen LogP contribution < -0.4 is 4.74 Å². The number of hydrogen-bond acceptors (Lipinski definition) is 4. The van der Waals surface area contributed by atoms with E-state index in [4.69, 9.17) is 9.84 Å². The maximum Gasteiger partial charge on any atom is 0.341 e. The lowest BCUT2D eigenvalue weighted by atomic mass is 10.2. The van der Waals surface area contributed by atoms with Crippen LogP contribution in [0.1, 0.15) is 10.4 Å². The second-order valence-corrected chi connectivity index (χ2v) is 2.88. The molecule has 2 rings (SSSR count). The first kappa shape index (κ1) is 9.39. The topological polar surface area (TPSA) is 72.3 Å². The van der Waals surface area contributed by atoms with E-state index in [-0.39, 0.29) is 5.56 Å². The third-order valence-electron chi connectivity index (χ3n) is 2.03. The van der Waals surface area contributed by atoms with Crippen LogP contribution in [0.2, 0.25) is 0 Å². The van der Waals surface area contributed by atoms with Crippen molar-refractivity contribution in [1.82, 2.24) is 9.97 Å². The number of nitrogens with zero attached hydrogens (tertiary/aromatic N) is 2. The zero-order chi connectivity index (χ0) is 10.8. The number of rotatable bonds is 2. The van der Waals surface area contributed by atoms with Crippen molar-refractivity contribution in [3.63, 3.8) is 0 Å². The molecule has 0 aliphatic heterocycles. The van der Waals surface area contributed by atoms with Gasteiger partial charge in [-0.05, 0) is 12.1 Å². The molecule has 0 saturated carbocycles. The number of ether oxygens (including phenoxy) is 1. The predicted octanol–water partition coefficient (Wildman–Crippen LogP) is 1.34. The lowest BCUT2D eigenvalue weighted by Gasteiger charge is -2.06. The SMILES string of the molecule is COc1c(C(=O)O)cnc2ncccc12. The van der Waals surface area contributed by atoms with Gasteiger partial charge in [-0.3, -0.25) is 0 Å². The largest absolute Gasteiger partial charge is 0.495 e. The molecule has 2 heterocycles. The quantitative estimate of drug-likeness (QED) is 0.799. The molecule has 0 aliphatic rings. The summed E-state index contributed by atoms with van der Waals surface area (Å²) in [4.78, 5) is 18.8. The molecule has 5 heteroatoms. The molecule has 0 fully saturated rings. The van der Waals surface area contributed by atoms with Gasteiger partial charge in [0.25, 0.3) is 0 Å². The fourth-order valence-corrected chi connectivity index (χ4v) is 1.38. The van der Waals surface area contributed by atoms with Crippen molar-refractivity contribution < 1.29 is 14.6 Å². The molecule has 15 heavy (non-hydrogen) atoms. The van der Waals surface area contributed by atoms with Gasteiger partial charge in [0, 0.05) is 12.4 Å². The van der Waals surface area contributed by atoms with Gasteiger partial charge in [0.2, 0.25) is 0 Å². The van der Waals surface area contributed by atoms with Gasteiger partial charge in [-0.1, -0.05) is 0 Å². The number of fused-ring (bicyclic) bond motifs is 1. The Bertz CT molecular complexity index is 525. The Morgan fingerprint density at radius 3 is 2.93 bits per heavy atom. The number of aromatic carboxylic acids is 1. The molecule has 0 unspecified atom stereocenters. The molecule has 0 aliphatic carbocycles.